The summed E-state index contributed by atoms with van der Waals surface area (Å²) < 4.78 is 28.0. The lowest BCUT2D eigenvalue weighted by Gasteiger charge is -2.15. The number of aliphatic hydroxyl groups is 2. The van der Waals surface area contributed by atoms with Crippen molar-refractivity contribution in [3.8, 4) is 0 Å². The number of nitrogens with zero attached hydrogens (tertiary/aromatic N) is 2. The van der Waals surface area contributed by atoms with Crippen LogP contribution in [0, 0.1) is 6.92 Å². The second-order valence-electron chi connectivity index (χ2n) is 3.93. The van der Waals surface area contributed by atoms with E-state index in [0.717, 1.165) is 4.57 Å². The highest BCUT2D eigenvalue weighted by molar-refractivity contribution is 5.35. The van der Waals surface area contributed by atoms with Gasteiger partial charge >= 0.3 is 5.69 Å². The Morgan fingerprint density at radius 2 is 2.65 bits per heavy atom. The van der Waals surface area contributed by atoms with E-state index in [1.165, 1.54) is 6.20 Å². The van der Waals surface area contributed by atoms with Crippen LogP contribution in [0.25, 0.3) is 0 Å². The molecule has 1 aromatic rings. The van der Waals surface area contributed by atoms with Crippen molar-refractivity contribution >= 4 is 5.82 Å². The van der Waals surface area contributed by atoms with E-state index in [1.54, 1.807) is 6.92 Å². The lowest BCUT2D eigenvalue weighted by Crippen LogP contribution is -2.28. The number of ether oxygens (including phenoxy) is 1. The maximum Gasteiger partial charge on any atom is 0.351 e. The van der Waals surface area contributed by atoms with Crippen molar-refractivity contribution in [1.82, 2.24) is 9.55 Å². The fraction of sp³-hybridized carbons (Fsp3) is 0.600. The van der Waals surface area contributed by atoms with Crippen molar-refractivity contribution in [3.05, 3.63) is 22.2 Å². The van der Waals surface area contributed by atoms with Crippen molar-refractivity contribution < 1.29 is 17.7 Å². The smallest absolute Gasteiger partial charge is 0.351 e. The first-order valence-corrected chi connectivity index (χ1v) is 5.09. The zero-order chi connectivity index (χ0) is 15.1. The van der Waals surface area contributed by atoms with Crippen LogP contribution in [0.4, 0.5) is 5.82 Å². The molecule has 1 aliphatic heterocycles. The van der Waals surface area contributed by atoms with Gasteiger partial charge in [-0.15, -0.1) is 0 Å². The molecule has 17 heavy (non-hydrogen) atoms. The van der Waals surface area contributed by atoms with E-state index in [4.69, 9.17) is 14.6 Å². The van der Waals surface area contributed by atoms with Crippen LogP contribution < -0.4 is 11.4 Å². The monoisotopic (exact) mass is 244 g/mol. The molecule has 2 heterocycles. The Bertz CT molecular complexity index is 565. The van der Waals surface area contributed by atoms with Gasteiger partial charge in [-0.2, -0.15) is 4.98 Å². The summed E-state index contributed by atoms with van der Waals surface area (Å²) in [6, 6.07) is 0. The summed E-state index contributed by atoms with van der Waals surface area (Å²) in [6.45, 7) is -0.818. The Morgan fingerprint density at radius 1 is 1.88 bits per heavy atom. The fourth-order valence-electron chi connectivity index (χ4n) is 1.72. The predicted octanol–water partition coefficient (Wildman–Crippen LogP) is -1.23. The summed E-state index contributed by atoms with van der Waals surface area (Å²) in [7, 11) is 0. The summed E-state index contributed by atoms with van der Waals surface area (Å²) in [5.41, 5.74) is 5.42. The Labute approximate surface area is 102 Å². The summed E-state index contributed by atoms with van der Waals surface area (Å²) >= 11 is 0. The lowest BCUT2D eigenvalue weighted by atomic mass is 10.2. The predicted molar refractivity (Wildman–Crippen MR) is 59.3 cm³/mol. The van der Waals surface area contributed by atoms with Crippen molar-refractivity contribution in [2.24, 2.45) is 0 Å². The summed E-state index contributed by atoms with van der Waals surface area (Å²) in [5.74, 6) is 0.103. The Balaban J connectivity index is 2.29. The SMILES string of the molecule is [2H]OC([2H])([2H])[C@H]1O[C@@H](n2cc(C)c(N)nc2=O)C[C@@H]1O. The number of aromatic nitrogens is 2. The number of nitrogen functional groups attached to an aromatic ring is 1. The summed E-state index contributed by atoms with van der Waals surface area (Å²) in [5, 5.41) is 13.7. The van der Waals surface area contributed by atoms with E-state index in [9.17, 15) is 9.90 Å². The highest BCUT2D eigenvalue weighted by Crippen LogP contribution is 2.27. The van der Waals surface area contributed by atoms with Gasteiger partial charge < -0.3 is 20.7 Å². The molecule has 0 amide bonds. The van der Waals surface area contributed by atoms with E-state index >= 15 is 0 Å². The molecule has 0 bridgehead atoms. The number of hydrogen-bond acceptors (Lipinski definition) is 6. The maximum atomic E-state index is 11.8. The first-order chi connectivity index (χ1) is 9.26. The van der Waals surface area contributed by atoms with Crippen LogP contribution in [0.15, 0.2) is 11.0 Å². The average Bonchev–Trinajstić information content (AvgIpc) is 2.76. The number of hydrogen-bond donors (Lipinski definition) is 3. The van der Waals surface area contributed by atoms with Crippen molar-refractivity contribution in [2.75, 3.05) is 12.3 Å². The molecule has 0 spiro atoms. The molecule has 7 heteroatoms. The van der Waals surface area contributed by atoms with Crippen LogP contribution >= 0.6 is 0 Å². The van der Waals surface area contributed by atoms with Gasteiger partial charge in [0, 0.05) is 18.2 Å². The Kier molecular flexibility index (Phi) is 2.25. The van der Waals surface area contributed by atoms with Crippen LogP contribution in [0.3, 0.4) is 0 Å². The van der Waals surface area contributed by atoms with Crippen LogP contribution in [-0.2, 0) is 4.74 Å². The van der Waals surface area contributed by atoms with Crippen molar-refractivity contribution in [1.29, 1.82) is 1.43 Å². The summed E-state index contributed by atoms with van der Waals surface area (Å²) in [6.07, 6.45) is -2.04. The first kappa shape index (κ1) is 8.62. The fourth-order valence-corrected chi connectivity index (χ4v) is 1.72. The molecule has 4 N–H and O–H groups in total. The van der Waals surface area contributed by atoms with Gasteiger partial charge in [-0.1, -0.05) is 0 Å². The third-order valence-corrected chi connectivity index (χ3v) is 2.70. The van der Waals surface area contributed by atoms with Gasteiger partial charge in [0.1, 0.15) is 18.1 Å². The number of nitrogens with two attached hydrogens (primary N) is 1. The highest BCUT2D eigenvalue weighted by atomic mass is 16.5. The molecule has 94 valence electrons. The van der Waals surface area contributed by atoms with E-state index in [0.29, 0.717) is 5.56 Å². The highest BCUT2D eigenvalue weighted by Gasteiger charge is 2.35. The Morgan fingerprint density at radius 3 is 3.35 bits per heavy atom. The molecule has 1 saturated heterocycles. The van der Waals surface area contributed by atoms with E-state index in [1.807, 2.05) is 0 Å². The summed E-state index contributed by atoms with van der Waals surface area (Å²) in [4.78, 5) is 15.4. The van der Waals surface area contributed by atoms with E-state index < -0.39 is 30.7 Å². The van der Waals surface area contributed by atoms with Crippen LogP contribution in [0.5, 0.6) is 0 Å². The zero-order valence-corrected chi connectivity index (χ0v) is 9.16. The molecule has 0 radical (unpaired) electrons. The van der Waals surface area contributed by atoms with Gasteiger partial charge in [-0.3, -0.25) is 4.57 Å². The third-order valence-electron chi connectivity index (χ3n) is 2.70. The van der Waals surface area contributed by atoms with Crippen LogP contribution in [-0.4, -0.2) is 40.0 Å². The number of anilines is 1. The quantitative estimate of drug-likeness (QED) is 0.614. The molecule has 0 aliphatic carbocycles. The standard InChI is InChI=1S/C10H15N3O4/c1-5-3-13(10(16)12-9(5)11)8-2-6(15)7(4-14)17-8/h3,6-8,14-15H,2,4H2,1H3,(H2,11,12,16)/t6-,7+,8+/m0/s1/i4D2,14D. The molecule has 2 rings (SSSR count). The van der Waals surface area contributed by atoms with E-state index in [-0.39, 0.29) is 12.2 Å². The number of aliphatic hydroxyl groups excluding tert-OH is 1. The van der Waals surface area contributed by atoms with Crippen molar-refractivity contribution in [3.63, 3.8) is 0 Å². The minimum atomic E-state index is -2.48. The molecule has 0 saturated carbocycles. The molecule has 3 atom stereocenters. The molecule has 1 aliphatic rings. The van der Waals surface area contributed by atoms with Gasteiger partial charge in [0.05, 0.1) is 15.4 Å². The third kappa shape index (κ3) is 2.17. The van der Waals surface area contributed by atoms with Crippen LogP contribution in [0.2, 0.25) is 0 Å². The second-order valence-corrected chi connectivity index (χ2v) is 3.93. The molecular weight excluding hydrogens is 226 g/mol. The minimum absolute atomic E-state index is 0.0154. The molecule has 7 nitrogen and oxygen atoms in total. The molecular formula is C10H15N3O4. The van der Waals surface area contributed by atoms with Crippen LogP contribution in [0.1, 0.15) is 21.0 Å². The number of aryl methyl sites for hydroxylation is 1. The molecule has 1 aromatic heterocycles. The second kappa shape index (κ2) is 4.44. The zero-order valence-electron chi connectivity index (χ0n) is 12.2. The van der Waals surface area contributed by atoms with Gasteiger partial charge in [0.25, 0.3) is 0 Å². The largest absolute Gasteiger partial charge is 0.394 e. The molecule has 0 aromatic carbocycles. The number of rotatable bonds is 3. The topological polar surface area (TPSA) is 111 Å². The van der Waals surface area contributed by atoms with Gasteiger partial charge in [-0.05, 0) is 6.92 Å². The van der Waals surface area contributed by atoms with Crippen molar-refractivity contribution in [2.45, 2.75) is 31.8 Å². The van der Waals surface area contributed by atoms with Gasteiger partial charge in [-0.25, -0.2) is 4.79 Å². The lowest BCUT2D eigenvalue weighted by molar-refractivity contribution is -0.0459. The Hall–Kier alpha value is -1.44. The maximum absolute atomic E-state index is 11.8. The molecule has 1 fully saturated rings. The van der Waals surface area contributed by atoms with Gasteiger partial charge in [0.2, 0.25) is 1.43 Å². The van der Waals surface area contributed by atoms with E-state index in [2.05, 4.69) is 10.1 Å². The molecule has 0 unspecified atom stereocenters. The normalized spacial score (nSPS) is 31.9. The average molecular weight is 244 g/mol. The minimum Gasteiger partial charge on any atom is -0.394 e. The first-order valence-electron chi connectivity index (χ1n) is 6.50. The van der Waals surface area contributed by atoms with Gasteiger partial charge in [0.15, 0.2) is 0 Å².